The largest absolute Gasteiger partial charge is 0.467 e. The quantitative estimate of drug-likeness (QED) is 0.782. The van der Waals surface area contributed by atoms with E-state index in [1.807, 2.05) is 12.1 Å². The Morgan fingerprint density at radius 3 is 3.16 bits per heavy atom. The zero-order valence-corrected chi connectivity index (χ0v) is 10.6. The van der Waals surface area contributed by atoms with Crippen LogP contribution in [0.15, 0.2) is 35.0 Å². The van der Waals surface area contributed by atoms with E-state index in [0.717, 1.165) is 5.76 Å². The Morgan fingerprint density at radius 1 is 1.47 bits per heavy atom. The van der Waals surface area contributed by atoms with E-state index in [-0.39, 0.29) is 23.4 Å². The molecule has 4 fully saturated rings. The number of hydrogen-bond acceptors (Lipinski definition) is 3. The second-order valence-corrected chi connectivity index (χ2v) is 6.36. The molecule has 1 amide bonds. The molecule has 2 aliphatic carbocycles. The molecule has 1 aromatic rings. The molecule has 0 aromatic carbocycles. The number of fused-ring (bicyclic) bond motifs is 3. The van der Waals surface area contributed by atoms with E-state index in [1.54, 1.807) is 6.26 Å². The summed E-state index contributed by atoms with van der Waals surface area (Å²) in [7, 11) is 0. The number of hydrazine groups is 1. The Bertz CT molecular complexity index is 593. The van der Waals surface area contributed by atoms with Gasteiger partial charge < -0.3 is 4.42 Å². The average Bonchev–Trinajstić information content (AvgIpc) is 3.13. The number of nitrogens with one attached hydrogen (secondary N) is 1. The first-order chi connectivity index (χ1) is 9.24. The third kappa shape index (κ3) is 0.881. The molecule has 5 unspecified atom stereocenters. The standard InChI is InChI=1S/C15H16N2O2/c1-8-13(11-3-2-6-19-11)17-15(8)10-5-4-9(7-10)12(15)14(18)16-17/h2-3,6,9-10,12-13H,1,4-5,7H2,(H,16,18). The predicted octanol–water partition coefficient (Wildman–Crippen LogP) is 2.02. The zero-order valence-electron chi connectivity index (χ0n) is 10.6. The number of nitrogens with zero attached hydrogens (tertiary/aromatic N) is 1. The summed E-state index contributed by atoms with van der Waals surface area (Å²) in [5.74, 6) is 2.37. The molecule has 5 atom stereocenters. The number of hydrogen-bond donors (Lipinski definition) is 1. The van der Waals surface area contributed by atoms with Crippen LogP contribution >= 0.6 is 0 Å². The minimum atomic E-state index is -0.0997. The molecule has 19 heavy (non-hydrogen) atoms. The summed E-state index contributed by atoms with van der Waals surface area (Å²) >= 11 is 0. The minimum absolute atomic E-state index is 0.0308. The molecule has 3 heterocycles. The predicted molar refractivity (Wildman–Crippen MR) is 67.6 cm³/mol. The normalized spacial score (nSPS) is 46.9. The summed E-state index contributed by atoms with van der Waals surface area (Å²) in [5, 5.41) is 2.14. The van der Waals surface area contributed by atoms with Gasteiger partial charge in [0.2, 0.25) is 5.91 Å². The van der Waals surface area contributed by atoms with E-state index in [4.69, 9.17) is 4.42 Å². The van der Waals surface area contributed by atoms with Crippen molar-refractivity contribution >= 4 is 5.91 Å². The van der Waals surface area contributed by atoms with Gasteiger partial charge in [0.15, 0.2) is 0 Å². The highest BCUT2D eigenvalue weighted by atomic mass is 16.3. The third-order valence-corrected chi connectivity index (χ3v) is 5.87. The molecule has 2 saturated heterocycles. The van der Waals surface area contributed by atoms with Crippen LogP contribution in [0.4, 0.5) is 0 Å². The maximum atomic E-state index is 12.3. The van der Waals surface area contributed by atoms with Gasteiger partial charge in [-0.05, 0) is 48.8 Å². The van der Waals surface area contributed by atoms with Gasteiger partial charge in [0, 0.05) is 0 Å². The van der Waals surface area contributed by atoms with Crippen molar-refractivity contribution in [1.82, 2.24) is 10.4 Å². The lowest BCUT2D eigenvalue weighted by Crippen LogP contribution is -2.67. The highest BCUT2D eigenvalue weighted by Crippen LogP contribution is 2.69. The van der Waals surface area contributed by atoms with Gasteiger partial charge >= 0.3 is 0 Å². The van der Waals surface area contributed by atoms with Gasteiger partial charge in [-0.15, -0.1) is 0 Å². The Kier molecular flexibility index (Phi) is 1.60. The fourth-order valence-electron chi connectivity index (χ4n) is 5.32. The van der Waals surface area contributed by atoms with E-state index in [2.05, 4.69) is 17.0 Å². The first-order valence-corrected chi connectivity index (χ1v) is 7.07. The van der Waals surface area contributed by atoms with Gasteiger partial charge in [0.1, 0.15) is 11.8 Å². The SMILES string of the molecule is C=C1C(c2ccco2)N2NC(=O)C3C4CCC(C4)C132. The van der Waals surface area contributed by atoms with Crippen molar-refractivity contribution in [2.45, 2.75) is 30.8 Å². The monoisotopic (exact) mass is 256 g/mol. The molecule has 0 radical (unpaired) electrons. The van der Waals surface area contributed by atoms with Crippen LogP contribution in [0.5, 0.6) is 0 Å². The molecule has 4 aliphatic rings. The van der Waals surface area contributed by atoms with Crippen molar-refractivity contribution in [2.24, 2.45) is 17.8 Å². The smallest absolute Gasteiger partial charge is 0.240 e. The van der Waals surface area contributed by atoms with E-state index in [1.165, 1.54) is 24.8 Å². The number of furan rings is 1. The van der Waals surface area contributed by atoms with Gasteiger partial charge in [0.25, 0.3) is 0 Å². The van der Waals surface area contributed by atoms with Crippen molar-refractivity contribution in [3.63, 3.8) is 0 Å². The Hall–Kier alpha value is -1.55. The summed E-state index contributed by atoms with van der Waals surface area (Å²) in [4.78, 5) is 12.3. The molecular formula is C15H16N2O2. The summed E-state index contributed by atoms with van der Waals surface area (Å²) in [5.41, 5.74) is 4.17. The molecule has 98 valence electrons. The summed E-state index contributed by atoms with van der Waals surface area (Å²) < 4.78 is 5.52. The summed E-state index contributed by atoms with van der Waals surface area (Å²) in [6, 6.07) is 3.89. The molecule has 1 spiro atoms. The molecule has 4 nitrogen and oxygen atoms in total. The Labute approximate surface area is 111 Å². The zero-order chi connectivity index (χ0) is 12.8. The van der Waals surface area contributed by atoms with Crippen molar-refractivity contribution in [3.05, 3.63) is 36.3 Å². The van der Waals surface area contributed by atoms with E-state index < -0.39 is 0 Å². The van der Waals surface area contributed by atoms with E-state index in [9.17, 15) is 4.79 Å². The van der Waals surface area contributed by atoms with Crippen LogP contribution < -0.4 is 5.43 Å². The number of carbonyl (C=O) groups is 1. The highest BCUT2D eigenvalue weighted by molar-refractivity contribution is 5.86. The third-order valence-electron chi connectivity index (χ3n) is 5.87. The van der Waals surface area contributed by atoms with Crippen LogP contribution in [-0.2, 0) is 4.79 Å². The maximum absolute atomic E-state index is 12.3. The van der Waals surface area contributed by atoms with Gasteiger partial charge in [-0.1, -0.05) is 6.58 Å². The molecular weight excluding hydrogens is 240 g/mol. The van der Waals surface area contributed by atoms with Crippen LogP contribution in [-0.4, -0.2) is 16.5 Å². The molecule has 2 aliphatic heterocycles. The molecule has 1 N–H and O–H groups in total. The maximum Gasteiger partial charge on any atom is 0.240 e. The van der Waals surface area contributed by atoms with Crippen LogP contribution in [0.1, 0.15) is 31.1 Å². The topological polar surface area (TPSA) is 45.5 Å². The fraction of sp³-hybridized carbons (Fsp3) is 0.533. The second-order valence-electron chi connectivity index (χ2n) is 6.36. The summed E-state index contributed by atoms with van der Waals surface area (Å²) in [6.45, 7) is 4.33. The Morgan fingerprint density at radius 2 is 2.37 bits per heavy atom. The van der Waals surface area contributed by atoms with E-state index in [0.29, 0.717) is 11.8 Å². The lowest BCUT2D eigenvalue weighted by atomic mass is 9.61. The Balaban J connectivity index is 1.63. The molecule has 1 aromatic heterocycles. The number of carbonyl (C=O) groups excluding carboxylic acids is 1. The fourth-order valence-corrected chi connectivity index (χ4v) is 5.32. The van der Waals surface area contributed by atoms with Crippen molar-refractivity contribution < 1.29 is 9.21 Å². The van der Waals surface area contributed by atoms with Crippen molar-refractivity contribution in [3.8, 4) is 0 Å². The van der Waals surface area contributed by atoms with Crippen LogP contribution in [0.25, 0.3) is 0 Å². The summed E-state index contributed by atoms with van der Waals surface area (Å²) in [6.07, 6.45) is 5.32. The van der Waals surface area contributed by atoms with Crippen LogP contribution in [0.2, 0.25) is 0 Å². The van der Waals surface area contributed by atoms with Crippen molar-refractivity contribution in [1.29, 1.82) is 0 Å². The lowest BCUT2D eigenvalue weighted by molar-refractivity contribution is -0.124. The van der Waals surface area contributed by atoms with Crippen LogP contribution in [0, 0.1) is 17.8 Å². The van der Waals surface area contributed by atoms with Crippen molar-refractivity contribution in [2.75, 3.05) is 0 Å². The molecule has 4 heteroatoms. The molecule has 5 rings (SSSR count). The number of amides is 1. The molecule has 2 saturated carbocycles. The van der Waals surface area contributed by atoms with Gasteiger partial charge in [-0.2, -0.15) is 5.01 Å². The minimum Gasteiger partial charge on any atom is -0.467 e. The molecule has 2 bridgehead atoms. The van der Waals surface area contributed by atoms with Gasteiger partial charge in [-0.25, -0.2) is 0 Å². The van der Waals surface area contributed by atoms with Gasteiger partial charge in [-0.3, -0.25) is 10.2 Å². The first-order valence-electron chi connectivity index (χ1n) is 7.07. The number of rotatable bonds is 1. The average molecular weight is 256 g/mol. The van der Waals surface area contributed by atoms with E-state index >= 15 is 0 Å². The second kappa shape index (κ2) is 2.96. The van der Waals surface area contributed by atoms with Gasteiger partial charge in [0.05, 0.1) is 17.7 Å². The van der Waals surface area contributed by atoms with Crippen LogP contribution in [0.3, 0.4) is 0 Å². The lowest BCUT2D eigenvalue weighted by Gasteiger charge is -2.58. The first kappa shape index (κ1) is 10.3. The highest BCUT2D eigenvalue weighted by Gasteiger charge is 2.76.